The van der Waals surface area contributed by atoms with Gasteiger partial charge in [-0.1, -0.05) is 6.07 Å². The van der Waals surface area contributed by atoms with Crippen LogP contribution in [0.25, 0.3) is 0 Å². The summed E-state index contributed by atoms with van der Waals surface area (Å²) in [5.74, 6) is -0.00421. The number of hydrogen-bond acceptors (Lipinski definition) is 2. The van der Waals surface area contributed by atoms with Crippen LogP contribution in [0.15, 0.2) is 18.2 Å². The summed E-state index contributed by atoms with van der Waals surface area (Å²) >= 11 is 0. The van der Waals surface area contributed by atoms with E-state index in [1.54, 1.807) is 0 Å². The third kappa shape index (κ3) is 2.67. The van der Waals surface area contributed by atoms with Gasteiger partial charge in [-0.25, -0.2) is 0 Å². The van der Waals surface area contributed by atoms with Crippen LogP contribution in [0.1, 0.15) is 40.7 Å². The summed E-state index contributed by atoms with van der Waals surface area (Å²) in [4.78, 5) is 12.0. The van der Waals surface area contributed by atoms with E-state index in [4.69, 9.17) is 5.73 Å². The van der Waals surface area contributed by atoms with E-state index in [0.717, 1.165) is 30.4 Å². The van der Waals surface area contributed by atoms with Gasteiger partial charge >= 0.3 is 0 Å². The summed E-state index contributed by atoms with van der Waals surface area (Å²) in [6, 6.07) is 6.05. The first-order valence-corrected chi connectivity index (χ1v) is 6.21. The van der Waals surface area contributed by atoms with Crippen molar-refractivity contribution in [1.82, 2.24) is 5.32 Å². The molecule has 1 aliphatic rings. The van der Waals surface area contributed by atoms with Gasteiger partial charge in [0, 0.05) is 17.6 Å². The van der Waals surface area contributed by atoms with E-state index >= 15 is 0 Å². The van der Waals surface area contributed by atoms with E-state index in [1.807, 2.05) is 32.0 Å². The molecular weight excluding hydrogens is 212 g/mol. The fraction of sp³-hybridized carbons (Fsp3) is 0.500. The Morgan fingerprint density at radius 1 is 1.29 bits per heavy atom. The van der Waals surface area contributed by atoms with Gasteiger partial charge in [0.1, 0.15) is 0 Å². The highest BCUT2D eigenvalue weighted by Gasteiger charge is 2.25. The second-order valence-electron chi connectivity index (χ2n) is 4.97. The van der Waals surface area contributed by atoms with Crippen LogP contribution in [0.5, 0.6) is 0 Å². The highest BCUT2D eigenvalue weighted by Crippen LogP contribution is 2.18. The maximum Gasteiger partial charge on any atom is 0.251 e. The Kier molecular flexibility index (Phi) is 3.48. The standard InChI is InChI=1S/C14H20N2O/c1-9-6-7-11(8-10(9)2)14(17)16-13-5-3-4-12(13)15/h6-8,12-13H,3-5,15H2,1-2H3,(H,16,17). The topological polar surface area (TPSA) is 55.1 Å². The van der Waals surface area contributed by atoms with Crippen molar-refractivity contribution in [2.75, 3.05) is 0 Å². The first-order chi connectivity index (χ1) is 8.08. The minimum Gasteiger partial charge on any atom is -0.348 e. The lowest BCUT2D eigenvalue weighted by molar-refractivity contribution is 0.0934. The van der Waals surface area contributed by atoms with Crippen LogP contribution < -0.4 is 11.1 Å². The molecule has 1 aromatic carbocycles. The predicted octanol–water partition coefficient (Wildman–Crippen LogP) is 1.91. The number of nitrogens with one attached hydrogen (secondary N) is 1. The van der Waals surface area contributed by atoms with Crippen molar-refractivity contribution in [3.8, 4) is 0 Å². The van der Waals surface area contributed by atoms with E-state index in [0.29, 0.717) is 0 Å². The molecule has 0 spiro atoms. The second kappa shape index (κ2) is 4.88. The maximum absolute atomic E-state index is 12.0. The Balaban J connectivity index is 2.06. The lowest BCUT2D eigenvalue weighted by Crippen LogP contribution is -2.43. The summed E-state index contributed by atoms with van der Waals surface area (Å²) in [5.41, 5.74) is 9.03. The highest BCUT2D eigenvalue weighted by molar-refractivity contribution is 5.94. The number of rotatable bonds is 2. The van der Waals surface area contributed by atoms with Gasteiger partial charge in [-0.05, 0) is 56.4 Å². The Hall–Kier alpha value is -1.35. The van der Waals surface area contributed by atoms with E-state index in [-0.39, 0.29) is 18.0 Å². The van der Waals surface area contributed by atoms with Gasteiger partial charge in [0.15, 0.2) is 0 Å². The molecule has 2 unspecified atom stereocenters. The quantitative estimate of drug-likeness (QED) is 0.818. The fourth-order valence-corrected chi connectivity index (χ4v) is 2.30. The molecule has 1 fully saturated rings. The molecular formula is C14H20N2O. The zero-order valence-corrected chi connectivity index (χ0v) is 10.5. The van der Waals surface area contributed by atoms with Crippen molar-refractivity contribution in [2.45, 2.75) is 45.2 Å². The molecule has 92 valence electrons. The predicted molar refractivity (Wildman–Crippen MR) is 69.0 cm³/mol. The normalized spacial score (nSPS) is 23.7. The van der Waals surface area contributed by atoms with Gasteiger partial charge in [0.2, 0.25) is 0 Å². The average Bonchev–Trinajstić information content (AvgIpc) is 2.68. The van der Waals surface area contributed by atoms with Gasteiger partial charge in [0.25, 0.3) is 5.91 Å². The molecule has 1 aliphatic carbocycles. The molecule has 2 rings (SSSR count). The summed E-state index contributed by atoms with van der Waals surface area (Å²) in [7, 11) is 0. The monoisotopic (exact) mass is 232 g/mol. The number of carbonyl (C=O) groups excluding carboxylic acids is 1. The van der Waals surface area contributed by atoms with Gasteiger partial charge in [-0.2, -0.15) is 0 Å². The lowest BCUT2D eigenvalue weighted by atomic mass is 10.1. The number of nitrogens with two attached hydrogens (primary N) is 1. The molecule has 0 heterocycles. The molecule has 0 saturated heterocycles. The molecule has 0 radical (unpaired) electrons. The third-order valence-electron chi connectivity index (χ3n) is 3.65. The molecule has 0 aromatic heterocycles. The summed E-state index contributed by atoms with van der Waals surface area (Å²) in [6.07, 6.45) is 3.12. The van der Waals surface area contributed by atoms with Crippen molar-refractivity contribution in [1.29, 1.82) is 0 Å². The fourth-order valence-electron chi connectivity index (χ4n) is 2.30. The van der Waals surface area contributed by atoms with Crippen LogP contribution in [0, 0.1) is 13.8 Å². The van der Waals surface area contributed by atoms with Crippen LogP contribution in [-0.2, 0) is 0 Å². The highest BCUT2D eigenvalue weighted by atomic mass is 16.1. The summed E-state index contributed by atoms with van der Waals surface area (Å²) in [5, 5.41) is 3.03. The SMILES string of the molecule is Cc1ccc(C(=O)NC2CCCC2N)cc1C. The summed E-state index contributed by atoms with van der Waals surface area (Å²) in [6.45, 7) is 4.07. The van der Waals surface area contributed by atoms with Crippen LogP contribution in [0.3, 0.4) is 0 Å². The second-order valence-corrected chi connectivity index (χ2v) is 4.97. The van der Waals surface area contributed by atoms with Crippen LogP contribution in [0.2, 0.25) is 0 Å². The molecule has 2 atom stereocenters. The van der Waals surface area contributed by atoms with Gasteiger partial charge < -0.3 is 11.1 Å². The Bertz CT molecular complexity index is 428. The summed E-state index contributed by atoms with van der Waals surface area (Å²) < 4.78 is 0. The van der Waals surface area contributed by atoms with Crippen molar-refractivity contribution in [3.05, 3.63) is 34.9 Å². The largest absolute Gasteiger partial charge is 0.348 e. The minimum atomic E-state index is -0.00421. The maximum atomic E-state index is 12.0. The van der Waals surface area contributed by atoms with Gasteiger partial charge in [0.05, 0.1) is 0 Å². The Labute approximate surface area is 102 Å². The molecule has 0 bridgehead atoms. The molecule has 3 heteroatoms. The van der Waals surface area contributed by atoms with E-state index < -0.39 is 0 Å². The molecule has 1 amide bonds. The van der Waals surface area contributed by atoms with Crippen LogP contribution >= 0.6 is 0 Å². The molecule has 0 aliphatic heterocycles. The van der Waals surface area contributed by atoms with Gasteiger partial charge in [-0.3, -0.25) is 4.79 Å². The number of aryl methyl sites for hydroxylation is 2. The molecule has 1 saturated carbocycles. The molecule has 3 N–H and O–H groups in total. The van der Waals surface area contributed by atoms with E-state index in [9.17, 15) is 4.79 Å². The smallest absolute Gasteiger partial charge is 0.251 e. The zero-order chi connectivity index (χ0) is 12.4. The number of amides is 1. The lowest BCUT2D eigenvalue weighted by Gasteiger charge is -2.17. The average molecular weight is 232 g/mol. The first kappa shape index (κ1) is 12.1. The van der Waals surface area contributed by atoms with Gasteiger partial charge in [-0.15, -0.1) is 0 Å². The van der Waals surface area contributed by atoms with Crippen LogP contribution in [-0.4, -0.2) is 18.0 Å². The minimum absolute atomic E-state index is 0.00421. The number of carbonyl (C=O) groups is 1. The van der Waals surface area contributed by atoms with Crippen molar-refractivity contribution >= 4 is 5.91 Å². The molecule has 17 heavy (non-hydrogen) atoms. The third-order valence-corrected chi connectivity index (χ3v) is 3.65. The van der Waals surface area contributed by atoms with Crippen molar-refractivity contribution in [3.63, 3.8) is 0 Å². The molecule has 1 aromatic rings. The Morgan fingerprint density at radius 3 is 2.65 bits per heavy atom. The van der Waals surface area contributed by atoms with E-state index in [1.165, 1.54) is 5.56 Å². The van der Waals surface area contributed by atoms with Crippen molar-refractivity contribution < 1.29 is 4.79 Å². The Morgan fingerprint density at radius 2 is 2.06 bits per heavy atom. The number of hydrogen-bond donors (Lipinski definition) is 2. The van der Waals surface area contributed by atoms with Crippen LogP contribution in [0.4, 0.5) is 0 Å². The molecule has 3 nitrogen and oxygen atoms in total. The number of benzene rings is 1. The first-order valence-electron chi connectivity index (χ1n) is 6.21. The zero-order valence-electron chi connectivity index (χ0n) is 10.5. The van der Waals surface area contributed by atoms with E-state index in [2.05, 4.69) is 5.32 Å². The van der Waals surface area contributed by atoms with Crippen molar-refractivity contribution in [2.24, 2.45) is 5.73 Å².